The van der Waals surface area contributed by atoms with E-state index in [2.05, 4.69) is 63.5 Å². The van der Waals surface area contributed by atoms with Crippen molar-refractivity contribution in [2.75, 3.05) is 32.8 Å². The maximum absolute atomic E-state index is 13.4. The smallest absolute Gasteiger partial charge is 0.272 e. The third-order valence-corrected chi connectivity index (χ3v) is 8.39. The molecule has 2 aromatic carbocycles. The summed E-state index contributed by atoms with van der Waals surface area (Å²) in [6.45, 7) is 5.74. The van der Waals surface area contributed by atoms with E-state index in [-0.39, 0.29) is 11.9 Å². The van der Waals surface area contributed by atoms with E-state index in [9.17, 15) is 9.59 Å². The molecule has 42 heavy (non-hydrogen) atoms. The summed E-state index contributed by atoms with van der Waals surface area (Å²) in [5.41, 5.74) is 10.1. The average molecular weight is 569 g/mol. The predicted octanol–water partition coefficient (Wildman–Crippen LogP) is 3.92. The molecule has 1 aliphatic heterocycles. The minimum absolute atomic E-state index is 0.0343. The van der Waals surface area contributed by atoms with Gasteiger partial charge >= 0.3 is 0 Å². The van der Waals surface area contributed by atoms with Crippen LogP contribution in [0, 0.1) is 6.92 Å². The number of aryl methyl sites for hydroxylation is 2. The second kappa shape index (κ2) is 12.3. The Balaban J connectivity index is 1.27. The number of H-pyrrole nitrogens is 2. The number of hydrogen-bond donors (Lipinski definition) is 4. The van der Waals surface area contributed by atoms with Gasteiger partial charge in [-0.05, 0) is 66.1 Å². The fourth-order valence-electron chi connectivity index (χ4n) is 6.18. The van der Waals surface area contributed by atoms with E-state index >= 15 is 0 Å². The highest BCUT2D eigenvalue weighted by molar-refractivity contribution is 5.93. The van der Waals surface area contributed by atoms with Gasteiger partial charge in [0.05, 0.1) is 19.4 Å². The quantitative estimate of drug-likeness (QED) is 0.138. The van der Waals surface area contributed by atoms with E-state index < -0.39 is 5.91 Å². The highest BCUT2D eigenvalue weighted by Crippen LogP contribution is 2.38. The Labute approximate surface area is 244 Å². The monoisotopic (exact) mass is 568 g/mol. The van der Waals surface area contributed by atoms with Crippen LogP contribution in [0.4, 0.5) is 0 Å². The molecule has 218 valence electrons. The molecule has 0 bridgehead atoms. The van der Waals surface area contributed by atoms with Crippen LogP contribution in [0.5, 0.6) is 0 Å². The minimum atomic E-state index is -0.561. The first kappa shape index (κ1) is 27.9. The zero-order chi connectivity index (χ0) is 29.1. The molecule has 10 nitrogen and oxygen atoms in total. The van der Waals surface area contributed by atoms with Crippen LogP contribution in [0.2, 0.25) is 0 Å². The van der Waals surface area contributed by atoms with Crippen LogP contribution in [-0.2, 0) is 28.9 Å². The van der Waals surface area contributed by atoms with Gasteiger partial charge in [0.1, 0.15) is 5.69 Å². The molecule has 0 saturated carbocycles. The van der Waals surface area contributed by atoms with Gasteiger partial charge in [0.25, 0.3) is 11.8 Å². The molecule has 2 amide bonds. The largest absolute Gasteiger partial charge is 0.378 e. The van der Waals surface area contributed by atoms with Crippen LogP contribution >= 0.6 is 0 Å². The summed E-state index contributed by atoms with van der Waals surface area (Å²) in [5.74, 6) is -0.595. The number of rotatable bonds is 9. The number of aromatic nitrogens is 3. The summed E-state index contributed by atoms with van der Waals surface area (Å²) in [7, 11) is 0. The van der Waals surface area contributed by atoms with Gasteiger partial charge in [-0.15, -0.1) is 0 Å². The molecule has 1 atom stereocenters. The van der Waals surface area contributed by atoms with Crippen molar-refractivity contribution in [3.05, 3.63) is 93.9 Å². The molecular formula is C32H36N6O4. The maximum Gasteiger partial charge on any atom is 0.272 e. The van der Waals surface area contributed by atoms with E-state index in [1.54, 1.807) is 17.8 Å². The first-order valence-corrected chi connectivity index (χ1v) is 14.4. The lowest BCUT2D eigenvalue weighted by Crippen LogP contribution is -2.41. The van der Waals surface area contributed by atoms with Gasteiger partial charge in [-0.1, -0.05) is 30.3 Å². The first-order valence-electron chi connectivity index (χ1n) is 14.4. The summed E-state index contributed by atoms with van der Waals surface area (Å²) in [6, 6.07) is 12.9. The molecule has 2 aliphatic rings. The van der Waals surface area contributed by atoms with Crippen LogP contribution in [-0.4, -0.2) is 74.9 Å². The number of hydroxylamine groups is 1. The summed E-state index contributed by atoms with van der Waals surface area (Å²) in [4.78, 5) is 32.6. The number of amides is 2. The van der Waals surface area contributed by atoms with Crippen LogP contribution in [0.1, 0.15) is 56.3 Å². The third-order valence-electron chi connectivity index (χ3n) is 8.39. The number of nitrogens with zero attached hydrogens (tertiary/aromatic N) is 3. The third kappa shape index (κ3) is 5.87. The van der Waals surface area contributed by atoms with Crippen LogP contribution in [0.25, 0.3) is 17.0 Å². The van der Waals surface area contributed by atoms with Gasteiger partial charge in [0, 0.05) is 61.0 Å². The van der Waals surface area contributed by atoms with E-state index in [1.807, 2.05) is 11.0 Å². The lowest BCUT2D eigenvalue weighted by molar-refractivity contribution is -0.124. The second-order valence-electron chi connectivity index (χ2n) is 11.1. The number of ether oxygens (including phenoxy) is 1. The topological polar surface area (TPSA) is 127 Å². The van der Waals surface area contributed by atoms with Gasteiger partial charge in [-0.2, -0.15) is 5.10 Å². The summed E-state index contributed by atoms with van der Waals surface area (Å²) in [5, 5.41) is 17.3. The lowest BCUT2D eigenvalue weighted by Gasteiger charge is -2.30. The van der Waals surface area contributed by atoms with Crippen molar-refractivity contribution in [2.45, 2.75) is 38.8 Å². The normalized spacial score (nSPS) is 16.9. The Kier molecular flexibility index (Phi) is 8.18. The molecule has 1 fully saturated rings. The van der Waals surface area contributed by atoms with Gasteiger partial charge in [0.2, 0.25) is 0 Å². The van der Waals surface area contributed by atoms with Gasteiger partial charge in [0.15, 0.2) is 0 Å². The van der Waals surface area contributed by atoms with Crippen molar-refractivity contribution in [1.29, 1.82) is 0 Å². The molecule has 6 rings (SSSR count). The van der Waals surface area contributed by atoms with E-state index in [1.165, 1.54) is 33.7 Å². The van der Waals surface area contributed by atoms with E-state index in [0.29, 0.717) is 38.5 Å². The number of benzene rings is 2. The number of morpholine rings is 1. The Morgan fingerprint density at radius 2 is 2.05 bits per heavy atom. The lowest BCUT2D eigenvalue weighted by atomic mass is 10.0. The highest BCUT2D eigenvalue weighted by atomic mass is 16.5. The van der Waals surface area contributed by atoms with Crippen LogP contribution in [0.15, 0.2) is 54.9 Å². The van der Waals surface area contributed by atoms with Crippen LogP contribution in [0.3, 0.4) is 0 Å². The molecule has 2 aromatic heterocycles. The highest BCUT2D eigenvalue weighted by Gasteiger charge is 2.30. The van der Waals surface area contributed by atoms with Gasteiger partial charge in [-0.25, -0.2) is 5.48 Å². The number of hydrogen-bond acceptors (Lipinski definition) is 6. The zero-order valence-electron chi connectivity index (χ0n) is 23.7. The molecule has 10 heteroatoms. The molecule has 0 spiro atoms. The second-order valence-corrected chi connectivity index (χ2v) is 11.1. The number of aromatic amines is 2. The van der Waals surface area contributed by atoms with Crippen molar-refractivity contribution in [2.24, 2.45) is 0 Å². The van der Waals surface area contributed by atoms with Gasteiger partial charge < -0.3 is 14.6 Å². The molecule has 3 heterocycles. The number of carbonyl (C=O) groups is 2. The Morgan fingerprint density at radius 3 is 2.88 bits per heavy atom. The van der Waals surface area contributed by atoms with Crippen molar-refractivity contribution in [1.82, 2.24) is 30.5 Å². The summed E-state index contributed by atoms with van der Waals surface area (Å²) < 4.78 is 5.44. The number of carbonyl (C=O) groups excluding carboxylic acids is 2. The number of fused-ring (bicyclic) bond motifs is 2. The van der Waals surface area contributed by atoms with Crippen LogP contribution < -0.4 is 5.48 Å². The van der Waals surface area contributed by atoms with E-state index in [4.69, 9.17) is 9.94 Å². The maximum atomic E-state index is 13.4. The van der Waals surface area contributed by atoms with Crippen molar-refractivity contribution >= 4 is 28.8 Å². The fraction of sp³-hybridized carbons (Fsp3) is 0.344. The Bertz CT molecular complexity index is 1620. The molecule has 4 N–H and O–H groups in total. The van der Waals surface area contributed by atoms with Crippen molar-refractivity contribution in [3.8, 4) is 0 Å². The van der Waals surface area contributed by atoms with E-state index in [0.717, 1.165) is 42.5 Å². The molecule has 0 radical (unpaired) electrons. The molecule has 4 aromatic rings. The molecule has 1 unspecified atom stereocenters. The number of nitrogens with one attached hydrogen (secondary N) is 3. The minimum Gasteiger partial charge on any atom is -0.378 e. The zero-order valence-corrected chi connectivity index (χ0v) is 23.7. The fourth-order valence-corrected chi connectivity index (χ4v) is 6.18. The van der Waals surface area contributed by atoms with Crippen molar-refractivity contribution < 1.29 is 19.5 Å². The van der Waals surface area contributed by atoms with Gasteiger partial charge in [-0.3, -0.25) is 24.8 Å². The predicted molar refractivity (Wildman–Crippen MR) is 159 cm³/mol. The average Bonchev–Trinajstić information content (AvgIpc) is 3.76. The Morgan fingerprint density at radius 1 is 1.19 bits per heavy atom. The first-order chi connectivity index (χ1) is 20.5. The van der Waals surface area contributed by atoms with Crippen molar-refractivity contribution in [3.63, 3.8) is 0 Å². The Hall–Kier alpha value is -4.25. The molecule has 1 aliphatic carbocycles. The molecule has 1 saturated heterocycles. The molecular weight excluding hydrogens is 532 g/mol. The standard InChI is InChI=1S/C32H36N6O4/c1-21-2-6-26-24(18-33-28(26)16-21)10-11-38(20-25-19-34-35-31(25)32(40)37-12-14-42-15-13-37)29-8-5-23-17-22(3-7-27(23)29)4-9-30(39)36-41/h2-4,6-7,9,16-19,29,33,41H,5,8,10-15,20H2,1H3,(H,34,35)(H,36,39)/b9-4+. The SMILES string of the molecule is Cc1ccc2c(CCN(Cc3cn[nH]c3C(=O)N3CCOCC3)C3CCc4cc(/C=C/C(=O)NO)ccc43)c[nH]c2c1. The summed E-state index contributed by atoms with van der Waals surface area (Å²) >= 11 is 0. The summed E-state index contributed by atoms with van der Waals surface area (Å²) in [6.07, 6.45) is 9.64.